The molecule has 1 aliphatic carbocycles. The van der Waals surface area contributed by atoms with Crippen LogP contribution < -0.4 is 10.1 Å². The molecule has 3 rings (SSSR count). The molecule has 1 amide bonds. The summed E-state index contributed by atoms with van der Waals surface area (Å²) in [6.45, 7) is 0.787. The molecule has 1 fully saturated rings. The molecule has 108 valence electrons. The number of anilines is 1. The number of benzene rings is 1. The molecule has 0 atom stereocenters. The molecule has 1 heterocycles. The number of hydrogen-bond donors (Lipinski definition) is 1. The second-order valence-electron chi connectivity index (χ2n) is 5.09. The molecule has 5 heteroatoms. The highest BCUT2D eigenvalue weighted by molar-refractivity contribution is 9.10. The molecular formula is C16H15BrN2O2. The van der Waals surface area contributed by atoms with Crippen LogP contribution in [0.4, 0.5) is 5.69 Å². The number of carbonyl (C=O) groups is 1. The predicted molar refractivity (Wildman–Crippen MR) is 84.6 cm³/mol. The number of hydrogen-bond acceptors (Lipinski definition) is 3. The highest BCUT2D eigenvalue weighted by atomic mass is 79.9. The molecule has 0 saturated heterocycles. The largest absolute Gasteiger partial charge is 0.493 e. The van der Waals surface area contributed by atoms with Crippen molar-refractivity contribution in [2.24, 2.45) is 5.92 Å². The third kappa shape index (κ3) is 3.82. The van der Waals surface area contributed by atoms with Crippen LogP contribution in [0.5, 0.6) is 5.75 Å². The minimum absolute atomic E-state index is 0.170. The van der Waals surface area contributed by atoms with Gasteiger partial charge in [0.15, 0.2) is 0 Å². The number of halogens is 1. The van der Waals surface area contributed by atoms with E-state index >= 15 is 0 Å². The van der Waals surface area contributed by atoms with Gasteiger partial charge in [-0.1, -0.05) is 0 Å². The van der Waals surface area contributed by atoms with E-state index in [1.54, 1.807) is 18.5 Å². The van der Waals surface area contributed by atoms with Gasteiger partial charge in [0.05, 0.1) is 12.2 Å². The first-order valence-corrected chi connectivity index (χ1v) is 7.65. The van der Waals surface area contributed by atoms with Crippen LogP contribution in [0.15, 0.2) is 47.2 Å². The molecule has 0 aliphatic heterocycles. The van der Waals surface area contributed by atoms with Gasteiger partial charge >= 0.3 is 0 Å². The Morgan fingerprint density at radius 1 is 1.29 bits per heavy atom. The first-order valence-electron chi connectivity index (χ1n) is 6.86. The quantitative estimate of drug-likeness (QED) is 0.893. The second kappa shape index (κ2) is 6.26. The van der Waals surface area contributed by atoms with Gasteiger partial charge in [0.2, 0.25) is 0 Å². The van der Waals surface area contributed by atoms with E-state index in [1.165, 1.54) is 12.8 Å². The highest BCUT2D eigenvalue weighted by Crippen LogP contribution is 2.29. The monoisotopic (exact) mass is 346 g/mol. The van der Waals surface area contributed by atoms with Crippen molar-refractivity contribution in [1.82, 2.24) is 4.98 Å². The topological polar surface area (TPSA) is 51.2 Å². The summed E-state index contributed by atoms with van der Waals surface area (Å²) in [5.41, 5.74) is 1.29. The van der Waals surface area contributed by atoms with Gasteiger partial charge < -0.3 is 10.1 Å². The van der Waals surface area contributed by atoms with Gasteiger partial charge in [-0.25, -0.2) is 0 Å². The molecular weight excluding hydrogens is 332 g/mol. The number of amides is 1. The molecule has 0 radical (unpaired) electrons. The smallest absolute Gasteiger partial charge is 0.256 e. The van der Waals surface area contributed by atoms with Gasteiger partial charge in [0.1, 0.15) is 5.75 Å². The zero-order chi connectivity index (χ0) is 14.7. The molecule has 1 aromatic carbocycles. The number of carbonyl (C=O) groups excluding carboxylic acids is 1. The van der Waals surface area contributed by atoms with Gasteiger partial charge in [-0.2, -0.15) is 0 Å². The molecule has 0 spiro atoms. The lowest BCUT2D eigenvalue weighted by molar-refractivity contribution is 0.102. The average molecular weight is 347 g/mol. The van der Waals surface area contributed by atoms with Gasteiger partial charge in [0, 0.05) is 22.6 Å². The number of nitrogens with one attached hydrogen (secondary N) is 1. The summed E-state index contributed by atoms with van der Waals surface area (Å²) in [7, 11) is 0. The lowest BCUT2D eigenvalue weighted by atomic mass is 10.2. The van der Waals surface area contributed by atoms with Gasteiger partial charge in [0.25, 0.3) is 5.91 Å². The Morgan fingerprint density at radius 3 is 2.71 bits per heavy atom. The lowest BCUT2D eigenvalue weighted by Crippen LogP contribution is -2.12. The van der Waals surface area contributed by atoms with Crippen LogP contribution in [-0.2, 0) is 0 Å². The molecule has 0 bridgehead atoms. The molecule has 0 unspecified atom stereocenters. The number of aromatic nitrogens is 1. The second-order valence-corrected chi connectivity index (χ2v) is 5.94. The molecule has 21 heavy (non-hydrogen) atoms. The minimum atomic E-state index is -0.170. The maximum Gasteiger partial charge on any atom is 0.256 e. The molecule has 1 saturated carbocycles. The van der Waals surface area contributed by atoms with Crippen LogP contribution >= 0.6 is 15.9 Å². The van der Waals surface area contributed by atoms with E-state index in [0.29, 0.717) is 10.0 Å². The average Bonchev–Trinajstić information content (AvgIpc) is 3.31. The van der Waals surface area contributed by atoms with Crippen molar-refractivity contribution in [2.45, 2.75) is 12.8 Å². The fraction of sp³-hybridized carbons (Fsp3) is 0.250. The van der Waals surface area contributed by atoms with Crippen LogP contribution in [0.3, 0.4) is 0 Å². The summed E-state index contributed by atoms with van der Waals surface area (Å²) in [5.74, 6) is 1.40. The van der Waals surface area contributed by atoms with Gasteiger partial charge in [-0.3, -0.25) is 9.78 Å². The summed E-state index contributed by atoms with van der Waals surface area (Å²) in [5, 5.41) is 2.85. The minimum Gasteiger partial charge on any atom is -0.493 e. The maximum absolute atomic E-state index is 12.1. The first kappa shape index (κ1) is 14.1. The van der Waals surface area contributed by atoms with Gasteiger partial charge in [-0.05, 0) is 65.0 Å². The van der Waals surface area contributed by atoms with E-state index in [0.717, 1.165) is 24.0 Å². The number of nitrogens with zero attached hydrogens (tertiary/aromatic N) is 1. The van der Waals surface area contributed by atoms with Crippen molar-refractivity contribution in [3.63, 3.8) is 0 Å². The number of rotatable bonds is 5. The zero-order valence-electron chi connectivity index (χ0n) is 11.4. The molecule has 4 nitrogen and oxygen atoms in total. The van der Waals surface area contributed by atoms with Crippen LogP contribution in [0.1, 0.15) is 23.2 Å². The summed E-state index contributed by atoms with van der Waals surface area (Å²) in [4.78, 5) is 16.1. The summed E-state index contributed by atoms with van der Waals surface area (Å²) in [6.07, 6.45) is 5.74. The molecule has 2 aromatic rings. The first-order chi connectivity index (χ1) is 10.2. The standard InChI is InChI=1S/C16H15BrN2O2/c17-15-9-18-8-7-14(15)16(20)19-12-3-5-13(6-4-12)21-10-11-1-2-11/h3-9,11H,1-2,10H2,(H,19,20). The molecule has 1 aromatic heterocycles. The van der Waals surface area contributed by atoms with Crippen LogP contribution in [0.25, 0.3) is 0 Å². The van der Waals surface area contributed by atoms with E-state index in [1.807, 2.05) is 24.3 Å². The van der Waals surface area contributed by atoms with Crippen molar-refractivity contribution in [2.75, 3.05) is 11.9 Å². The summed E-state index contributed by atoms with van der Waals surface area (Å²) >= 11 is 3.32. The Labute approximate surface area is 131 Å². The molecule has 1 aliphatic rings. The van der Waals surface area contributed by atoms with Crippen LogP contribution in [-0.4, -0.2) is 17.5 Å². The fourth-order valence-corrected chi connectivity index (χ4v) is 2.32. The Balaban J connectivity index is 1.61. The highest BCUT2D eigenvalue weighted by Gasteiger charge is 2.21. The van der Waals surface area contributed by atoms with Crippen molar-refractivity contribution in [1.29, 1.82) is 0 Å². The Morgan fingerprint density at radius 2 is 2.05 bits per heavy atom. The van der Waals surface area contributed by atoms with Gasteiger partial charge in [-0.15, -0.1) is 0 Å². The summed E-state index contributed by atoms with van der Waals surface area (Å²) in [6, 6.07) is 9.11. The van der Waals surface area contributed by atoms with E-state index < -0.39 is 0 Å². The van der Waals surface area contributed by atoms with E-state index in [9.17, 15) is 4.79 Å². The summed E-state index contributed by atoms with van der Waals surface area (Å²) < 4.78 is 6.34. The van der Waals surface area contributed by atoms with E-state index in [4.69, 9.17) is 4.74 Å². The molecule has 1 N–H and O–H groups in total. The van der Waals surface area contributed by atoms with E-state index in [2.05, 4.69) is 26.2 Å². The lowest BCUT2D eigenvalue weighted by Gasteiger charge is -2.08. The van der Waals surface area contributed by atoms with E-state index in [-0.39, 0.29) is 5.91 Å². The zero-order valence-corrected chi connectivity index (χ0v) is 13.0. The number of ether oxygens (including phenoxy) is 1. The Bertz CT molecular complexity index is 639. The predicted octanol–water partition coefficient (Wildman–Crippen LogP) is 3.89. The Kier molecular flexibility index (Phi) is 4.20. The van der Waals surface area contributed by atoms with Crippen molar-refractivity contribution in [3.05, 3.63) is 52.8 Å². The van der Waals surface area contributed by atoms with Crippen molar-refractivity contribution < 1.29 is 9.53 Å². The third-order valence-electron chi connectivity index (χ3n) is 3.31. The van der Waals surface area contributed by atoms with Crippen LogP contribution in [0, 0.1) is 5.92 Å². The van der Waals surface area contributed by atoms with Crippen molar-refractivity contribution >= 4 is 27.5 Å². The number of pyridine rings is 1. The SMILES string of the molecule is O=C(Nc1ccc(OCC2CC2)cc1)c1ccncc1Br. The maximum atomic E-state index is 12.1. The van der Waals surface area contributed by atoms with Crippen molar-refractivity contribution in [3.8, 4) is 5.75 Å². The third-order valence-corrected chi connectivity index (χ3v) is 3.94. The fourth-order valence-electron chi connectivity index (χ4n) is 1.89. The Hall–Kier alpha value is -1.88. The normalized spacial score (nSPS) is 13.8. The van der Waals surface area contributed by atoms with Crippen LogP contribution in [0.2, 0.25) is 0 Å².